The molecular weight excluding hydrogens is 380 g/mol. The summed E-state index contributed by atoms with van der Waals surface area (Å²) in [7, 11) is 0. The van der Waals surface area contributed by atoms with E-state index in [1.54, 1.807) is 0 Å². The summed E-state index contributed by atoms with van der Waals surface area (Å²) in [5.74, 6) is -0.449. The van der Waals surface area contributed by atoms with Gasteiger partial charge in [-0.05, 0) is 26.3 Å². The second-order valence-corrected chi connectivity index (χ2v) is 7.88. The van der Waals surface area contributed by atoms with Crippen molar-refractivity contribution in [2.45, 2.75) is 32.9 Å². The standard InChI is InChI=1S/C24H30N2O4/c1-19-9-11-21(12-10-19)23(24(2,3)26-13-15-28-16-14-26)25-30-18-22(27)29-17-20-7-5-4-6-8-20/h4-12H,13-18H2,1-3H3/b25-23-. The highest BCUT2D eigenvalue weighted by Gasteiger charge is 2.35. The van der Waals surface area contributed by atoms with E-state index < -0.39 is 5.97 Å². The molecule has 0 radical (unpaired) electrons. The lowest BCUT2D eigenvalue weighted by Crippen LogP contribution is -2.54. The van der Waals surface area contributed by atoms with Crippen LogP contribution in [0.5, 0.6) is 0 Å². The number of morpholine rings is 1. The Hall–Kier alpha value is -2.70. The molecule has 0 aliphatic carbocycles. The van der Waals surface area contributed by atoms with E-state index in [4.69, 9.17) is 14.3 Å². The molecule has 0 saturated carbocycles. The number of benzene rings is 2. The summed E-state index contributed by atoms with van der Waals surface area (Å²) in [5.41, 5.74) is 3.47. The van der Waals surface area contributed by atoms with E-state index in [9.17, 15) is 4.79 Å². The van der Waals surface area contributed by atoms with Gasteiger partial charge in [0.05, 0.1) is 18.8 Å². The summed E-state index contributed by atoms with van der Waals surface area (Å²) in [6.45, 7) is 9.29. The second-order valence-electron chi connectivity index (χ2n) is 7.88. The SMILES string of the molecule is Cc1ccc(/C(=N/OCC(=O)OCc2ccccc2)C(C)(C)N2CCOCC2)cc1. The first-order valence-corrected chi connectivity index (χ1v) is 10.3. The van der Waals surface area contributed by atoms with Gasteiger partial charge in [-0.25, -0.2) is 4.79 Å². The third-order valence-corrected chi connectivity index (χ3v) is 5.29. The molecule has 30 heavy (non-hydrogen) atoms. The van der Waals surface area contributed by atoms with Gasteiger partial charge in [0.2, 0.25) is 6.61 Å². The fourth-order valence-corrected chi connectivity index (χ4v) is 3.43. The summed E-state index contributed by atoms with van der Waals surface area (Å²) in [6.07, 6.45) is 0. The van der Waals surface area contributed by atoms with Gasteiger partial charge in [0.1, 0.15) is 12.3 Å². The third-order valence-electron chi connectivity index (χ3n) is 5.29. The minimum atomic E-state index is -0.449. The van der Waals surface area contributed by atoms with Gasteiger partial charge in [-0.1, -0.05) is 65.3 Å². The van der Waals surface area contributed by atoms with Gasteiger partial charge in [-0.2, -0.15) is 0 Å². The van der Waals surface area contributed by atoms with E-state index in [1.807, 2.05) is 61.5 Å². The molecule has 0 N–H and O–H groups in total. The molecule has 6 nitrogen and oxygen atoms in total. The quantitative estimate of drug-likeness (QED) is 0.378. The first-order valence-electron chi connectivity index (χ1n) is 10.3. The number of oxime groups is 1. The van der Waals surface area contributed by atoms with Crippen LogP contribution in [0.4, 0.5) is 0 Å². The molecule has 0 aromatic heterocycles. The number of hydrogen-bond donors (Lipinski definition) is 0. The first kappa shape index (κ1) is 22.0. The minimum absolute atomic E-state index is 0.219. The van der Waals surface area contributed by atoms with Gasteiger partial charge in [0.25, 0.3) is 0 Å². The zero-order valence-electron chi connectivity index (χ0n) is 18.0. The predicted octanol–water partition coefficient (Wildman–Crippen LogP) is 3.57. The summed E-state index contributed by atoms with van der Waals surface area (Å²) in [6, 6.07) is 17.7. The molecule has 160 valence electrons. The molecule has 0 spiro atoms. The van der Waals surface area contributed by atoms with Crippen molar-refractivity contribution in [1.29, 1.82) is 0 Å². The maximum absolute atomic E-state index is 12.1. The molecule has 0 atom stereocenters. The molecule has 0 amide bonds. The number of rotatable bonds is 8. The molecule has 1 aliphatic rings. The summed E-state index contributed by atoms with van der Waals surface area (Å²) in [4.78, 5) is 19.9. The third kappa shape index (κ3) is 5.90. The van der Waals surface area contributed by atoms with E-state index in [1.165, 1.54) is 5.56 Å². The van der Waals surface area contributed by atoms with Gasteiger partial charge in [-0.3, -0.25) is 4.90 Å². The second kappa shape index (κ2) is 10.4. The molecule has 1 fully saturated rings. The Balaban J connectivity index is 1.68. The summed E-state index contributed by atoms with van der Waals surface area (Å²) < 4.78 is 10.8. The Kier molecular flexibility index (Phi) is 7.60. The van der Waals surface area contributed by atoms with Crippen LogP contribution in [0.3, 0.4) is 0 Å². The Labute approximate surface area is 178 Å². The Morgan fingerprint density at radius 1 is 1.07 bits per heavy atom. The van der Waals surface area contributed by atoms with Gasteiger partial charge >= 0.3 is 5.97 Å². The largest absolute Gasteiger partial charge is 0.458 e. The number of aryl methyl sites for hydroxylation is 1. The number of esters is 1. The number of ether oxygens (including phenoxy) is 2. The molecule has 1 heterocycles. The lowest BCUT2D eigenvalue weighted by atomic mass is 9.89. The number of nitrogens with zero attached hydrogens (tertiary/aromatic N) is 2. The summed E-state index contributed by atoms with van der Waals surface area (Å²) in [5, 5.41) is 4.40. The van der Waals surface area contributed by atoms with Gasteiger partial charge in [0, 0.05) is 18.7 Å². The van der Waals surface area contributed by atoms with Crippen LogP contribution in [0, 0.1) is 6.92 Å². The molecule has 3 rings (SSSR count). The topological polar surface area (TPSA) is 60.4 Å². The van der Waals surface area contributed by atoms with Crippen molar-refractivity contribution < 1.29 is 19.1 Å². The molecule has 0 bridgehead atoms. The normalized spacial score (nSPS) is 15.6. The van der Waals surface area contributed by atoms with Gasteiger partial charge in [-0.15, -0.1) is 0 Å². The average Bonchev–Trinajstić information content (AvgIpc) is 2.77. The van der Waals surface area contributed by atoms with Crippen molar-refractivity contribution in [3.63, 3.8) is 0 Å². The van der Waals surface area contributed by atoms with Gasteiger partial charge in [0.15, 0.2) is 0 Å². The molecule has 1 saturated heterocycles. The zero-order chi connectivity index (χ0) is 21.4. The predicted molar refractivity (Wildman–Crippen MR) is 116 cm³/mol. The van der Waals surface area contributed by atoms with Crippen LogP contribution in [-0.4, -0.2) is 55.0 Å². The molecule has 2 aromatic carbocycles. The van der Waals surface area contributed by atoms with Crippen molar-refractivity contribution in [2.75, 3.05) is 32.9 Å². The van der Waals surface area contributed by atoms with Crippen molar-refractivity contribution >= 4 is 11.7 Å². The van der Waals surface area contributed by atoms with E-state index in [0.717, 1.165) is 29.9 Å². The van der Waals surface area contributed by atoms with Crippen LogP contribution in [0.2, 0.25) is 0 Å². The number of hydrogen-bond acceptors (Lipinski definition) is 6. The summed E-state index contributed by atoms with van der Waals surface area (Å²) >= 11 is 0. The van der Waals surface area contributed by atoms with Crippen LogP contribution in [-0.2, 0) is 25.7 Å². The first-order chi connectivity index (χ1) is 14.5. The van der Waals surface area contributed by atoms with Crippen LogP contribution >= 0.6 is 0 Å². The van der Waals surface area contributed by atoms with Crippen LogP contribution in [0.1, 0.15) is 30.5 Å². The highest BCUT2D eigenvalue weighted by molar-refractivity contribution is 6.06. The Morgan fingerprint density at radius 2 is 1.73 bits per heavy atom. The monoisotopic (exact) mass is 410 g/mol. The van der Waals surface area contributed by atoms with E-state index in [-0.39, 0.29) is 18.8 Å². The molecular formula is C24H30N2O4. The molecule has 6 heteroatoms. The molecule has 2 aromatic rings. The molecule has 1 aliphatic heterocycles. The Bertz CT molecular complexity index is 841. The number of carbonyl (C=O) groups is 1. The lowest BCUT2D eigenvalue weighted by Gasteiger charge is -2.41. The van der Waals surface area contributed by atoms with E-state index in [2.05, 4.69) is 23.9 Å². The van der Waals surface area contributed by atoms with Crippen molar-refractivity contribution in [3.8, 4) is 0 Å². The van der Waals surface area contributed by atoms with Crippen molar-refractivity contribution in [3.05, 3.63) is 71.3 Å². The zero-order valence-corrected chi connectivity index (χ0v) is 18.0. The maximum Gasteiger partial charge on any atom is 0.347 e. The smallest absolute Gasteiger partial charge is 0.347 e. The maximum atomic E-state index is 12.1. The van der Waals surface area contributed by atoms with E-state index >= 15 is 0 Å². The van der Waals surface area contributed by atoms with Crippen LogP contribution in [0.15, 0.2) is 59.8 Å². The highest BCUT2D eigenvalue weighted by atomic mass is 16.7. The van der Waals surface area contributed by atoms with Gasteiger partial charge < -0.3 is 14.3 Å². The van der Waals surface area contributed by atoms with Crippen LogP contribution < -0.4 is 0 Å². The fraction of sp³-hybridized carbons (Fsp3) is 0.417. The Morgan fingerprint density at radius 3 is 2.40 bits per heavy atom. The van der Waals surface area contributed by atoms with Crippen molar-refractivity contribution in [1.82, 2.24) is 4.90 Å². The lowest BCUT2D eigenvalue weighted by molar-refractivity contribution is -0.150. The highest BCUT2D eigenvalue weighted by Crippen LogP contribution is 2.23. The number of carbonyl (C=O) groups excluding carboxylic acids is 1. The fourth-order valence-electron chi connectivity index (χ4n) is 3.43. The minimum Gasteiger partial charge on any atom is -0.458 e. The van der Waals surface area contributed by atoms with Crippen LogP contribution in [0.25, 0.3) is 0 Å². The average molecular weight is 411 g/mol. The van der Waals surface area contributed by atoms with E-state index in [0.29, 0.717) is 13.2 Å². The molecule has 0 unspecified atom stereocenters. The van der Waals surface area contributed by atoms with Crippen molar-refractivity contribution in [2.24, 2.45) is 5.16 Å².